The molecule has 4 rings (SSSR count). The lowest BCUT2D eigenvalue weighted by atomic mass is 10.2. The zero-order valence-electron chi connectivity index (χ0n) is 21.9. The van der Waals surface area contributed by atoms with E-state index < -0.39 is 0 Å². The predicted octanol–water partition coefficient (Wildman–Crippen LogP) is 5.49. The molecule has 3 amide bonds. The first kappa shape index (κ1) is 28.9. The minimum absolute atomic E-state index is 0.112. The van der Waals surface area contributed by atoms with Gasteiger partial charge in [0.05, 0.1) is 35.5 Å². The first-order chi connectivity index (χ1) is 18.9. The van der Waals surface area contributed by atoms with Crippen LogP contribution in [0.2, 0.25) is 10.0 Å². The van der Waals surface area contributed by atoms with Gasteiger partial charge in [-0.05, 0) is 37.3 Å². The molecule has 0 atom stereocenters. The molecule has 2 heterocycles. The Morgan fingerprint density at radius 1 is 1.10 bits per heavy atom. The minimum atomic E-state index is -0.336. The van der Waals surface area contributed by atoms with Crippen molar-refractivity contribution >= 4 is 57.9 Å². The number of urea groups is 1. The standard InChI is InChI=1S/C27H31Cl2N5O4S/c1-3-38-24-7-5-4-6-23(24)32-10-12-33(13-11-32)26(35)22-18-39-25(31-22)17-34(14-15-37-2)27(36)30-19-8-9-20(28)21(29)16-19/h4-9,16,18H,3,10-15,17H2,1-2H3,(H,30,36). The number of carbonyl (C=O) groups is 2. The van der Waals surface area contributed by atoms with Gasteiger partial charge >= 0.3 is 6.03 Å². The third-order valence-electron chi connectivity index (χ3n) is 6.19. The van der Waals surface area contributed by atoms with E-state index in [9.17, 15) is 9.59 Å². The van der Waals surface area contributed by atoms with E-state index in [1.807, 2.05) is 36.1 Å². The number of hydrogen-bond acceptors (Lipinski definition) is 7. The maximum atomic E-state index is 13.2. The van der Waals surface area contributed by atoms with Crippen molar-refractivity contribution in [2.24, 2.45) is 0 Å². The number of para-hydroxylation sites is 2. The highest BCUT2D eigenvalue weighted by molar-refractivity contribution is 7.09. The van der Waals surface area contributed by atoms with Crippen LogP contribution in [0.1, 0.15) is 22.4 Å². The smallest absolute Gasteiger partial charge is 0.322 e. The van der Waals surface area contributed by atoms with Crippen LogP contribution in [-0.2, 0) is 11.3 Å². The Balaban J connectivity index is 1.36. The van der Waals surface area contributed by atoms with Gasteiger partial charge in [-0.15, -0.1) is 11.3 Å². The molecule has 39 heavy (non-hydrogen) atoms. The molecule has 9 nitrogen and oxygen atoms in total. The number of nitrogens with one attached hydrogen (secondary N) is 1. The lowest BCUT2D eigenvalue weighted by Crippen LogP contribution is -2.49. The number of benzene rings is 2. The summed E-state index contributed by atoms with van der Waals surface area (Å²) in [5, 5.41) is 5.98. The SMILES string of the molecule is CCOc1ccccc1N1CCN(C(=O)c2csc(CN(CCOC)C(=O)Nc3ccc(Cl)c(Cl)c3)n2)CC1. The Morgan fingerprint density at radius 3 is 2.59 bits per heavy atom. The summed E-state index contributed by atoms with van der Waals surface area (Å²) in [6.07, 6.45) is 0. The van der Waals surface area contributed by atoms with Crippen LogP contribution in [0.15, 0.2) is 47.8 Å². The molecule has 0 saturated carbocycles. The number of anilines is 2. The Kier molecular flexibility index (Phi) is 10.3. The number of amides is 3. The number of rotatable bonds is 10. The second kappa shape index (κ2) is 13.8. The topological polar surface area (TPSA) is 87.2 Å². The third kappa shape index (κ3) is 7.54. The van der Waals surface area contributed by atoms with Crippen LogP contribution in [0.4, 0.5) is 16.2 Å². The lowest BCUT2D eigenvalue weighted by molar-refractivity contribution is 0.0741. The summed E-state index contributed by atoms with van der Waals surface area (Å²) in [4.78, 5) is 36.4. The summed E-state index contributed by atoms with van der Waals surface area (Å²) in [6, 6.07) is 12.5. The summed E-state index contributed by atoms with van der Waals surface area (Å²) in [6.45, 7) is 6.06. The van der Waals surface area contributed by atoms with Crippen molar-refractivity contribution in [1.29, 1.82) is 0 Å². The summed E-state index contributed by atoms with van der Waals surface area (Å²) in [5.74, 6) is 0.740. The molecular formula is C27H31Cl2N5O4S. The van der Waals surface area contributed by atoms with Gasteiger partial charge in [-0.3, -0.25) is 4.79 Å². The number of methoxy groups -OCH3 is 1. The number of hydrogen-bond donors (Lipinski definition) is 1. The quantitative estimate of drug-likeness (QED) is 0.335. The molecule has 1 saturated heterocycles. The third-order valence-corrected chi connectivity index (χ3v) is 7.77. The lowest BCUT2D eigenvalue weighted by Gasteiger charge is -2.36. The zero-order valence-corrected chi connectivity index (χ0v) is 24.2. The van der Waals surface area contributed by atoms with Crippen LogP contribution in [-0.4, -0.2) is 79.8 Å². The number of piperazine rings is 1. The van der Waals surface area contributed by atoms with Crippen molar-refractivity contribution in [3.05, 3.63) is 68.6 Å². The summed E-state index contributed by atoms with van der Waals surface area (Å²) in [5.41, 5.74) is 1.95. The first-order valence-corrected chi connectivity index (χ1v) is 14.2. The van der Waals surface area contributed by atoms with Crippen LogP contribution in [0.3, 0.4) is 0 Å². The first-order valence-electron chi connectivity index (χ1n) is 12.6. The largest absolute Gasteiger partial charge is 0.492 e. The molecule has 1 fully saturated rings. The minimum Gasteiger partial charge on any atom is -0.492 e. The van der Waals surface area contributed by atoms with Gasteiger partial charge in [-0.1, -0.05) is 35.3 Å². The van der Waals surface area contributed by atoms with Crippen LogP contribution < -0.4 is 15.0 Å². The maximum Gasteiger partial charge on any atom is 0.322 e. The Morgan fingerprint density at radius 2 is 1.87 bits per heavy atom. The number of ether oxygens (including phenoxy) is 2. The molecule has 0 spiro atoms. The molecule has 0 radical (unpaired) electrons. The van der Waals surface area contributed by atoms with E-state index in [0.29, 0.717) is 72.4 Å². The van der Waals surface area contributed by atoms with E-state index in [-0.39, 0.29) is 18.5 Å². The Hall–Kier alpha value is -3.05. The van der Waals surface area contributed by atoms with Gasteiger partial charge in [-0.25, -0.2) is 9.78 Å². The molecule has 3 aromatic rings. The predicted molar refractivity (Wildman–Crippen MR) is 156 cm³/mol. The molecular weight excluding hydrogens is 561 g/mol. The van der Waals surface area contributed by atoms with Gasteiger partial charge in [-0.2, -0.15) is 0 Å². The number of halogens is 2. The van der Waals surface area contributed by atoms with Gasteiger partial charge in [0.2, 0.25) is 0 Å². The molecule has 1 N–H and O–H groups in total. The van der Waals surface area contributed by atoms with E-state index in [4.69, 9.17) is 32.7 Å². The van der Waals surface area contributed by atoms with Crippen LogP contribution >= 0.6 is 34.5 Å². The zero-order chi connectivity index (χ0) is 27.8. The fourth-order valence-electron chi connectivity index (χ4n) is 4.18. The average molecular weight is 593 g/mol. The van der Waals surface area contributed by atoms with E-state index in [1.165, 1.54) is 11.3 Å². The summed E-state index contributed by atoms with van der Waals surface area (Å²) in [7, 11) is 1.57. The molecule has 2 aromatic carbocycles. The maximum absolute atomic E-state index is 13.2. The molecule has 0 unspecified atom stereocenters. The summed E-state index contributed by atoms with van der Waals surface area (Å²) < 4.78 is 10.9. The normalized spacial score (nSPS) is 13.3. The molecule has 12 heteroatoms. The fourth-order valence-corrected chi connectivity index (χ4v) is 5.26. The monoisotopic (exact) mass is 591 g/mol. The van der Waals surface area contributed by atoms with Crippen molar-refractivity contribution < 1.29 is 19.1 Å². The molecule has 0 bridgehead atoms. The second-order valence-corrected chi connectivity index (χ2v) is 10.5. The Bertz CT molecular complexity index is 1280. The summed E-state index contributed by atoms with van der Waals surface area (Å²) >= 11 is 13.4. The van der Waals surface area contributed by atoms with Crippen molar-refractivity contribution in [3.8, 4) is 5.75 Å². The van der Waals surface area contributed by atoms with Crippen molar-refractivity contribution in [2.75, 3.05) is 63.3 Å². The van der Waals surface area contributed by atoms with Crippen molar-refractivity contribution in [1.82, 2.24) is 14.8 Å². The highest BCUT2D eigenvalue weighted by Gasteiger charge is 2.26. The molecule has 1 aliphatic rings. The van der Waals surface area contributed by atoms with Crippen molar-refractivity contribution in [2.45, 2.75) is 13.5 Å². The second-order valence-electron chi connectivity index (χ2n) is 8.78. The van der Waals surface area contributed by atoms with Crippen molar-refractivity contribution in [3.63, 3.8) is 0 Å². The van der Waals surface area contributed by atoms with E-state index >= 15 is 0 Å². The molecule has 1 aromatic heterocycles. The number of thiazole rings is 1. The average Bonchev–Trinajstić information content (AvgIpc) is 3.42. The highest BCUT2D eigenvalue weighted by atomic mass is 35.5. The fraction of sp³-hybridized carbons (Fsp3) is 0.370. The highest BCUT2D eigenvalue weighted by Crippen LogP contribution is 2.29. The van der Waals surface area contributed by atoms with Gasteiger partial charge in [0.1, 0.15) is 16.5 Å². The molecule has 0 aliphatic carbocycles. The number of nitrogens with zero attached hydrogens (tertiary/aromatic N) is 4. The molecule has 1 aliphatic heterocycles. The van der Waals surface area contributed by atoms with Gasteiger partial charge in [0.15, 0.2) is 0 Å². The van der Waals surface area contributed by atoms with Crippen LogP contribution in [0.5, 0.6) is 5.75 Å². The van der Waals surface area contributed by atoms with E-state index in [0.717, 1.165) is 11.4 Å². The van der Waals surface area contributed by atoms with E-state index in [1.54, 1.807) is 35.6 Å². The van der Waals surface area contributed by atoms with Gasteiger partial charge in [0, 0.05) is 50.9 Å². The molecule has 208 valence electrons. The Labute approximate surface area is 242 Å². The number of aromatic nitrogens is 1. The van der Waals surface area contributed by atoms with Gasteiger partial charge in [0.25, 0.3) is 5.91 Å². The van der Waals surface area contributed by atoms with Gasteiger partial charge < -0.3 is 29.5 Å². The van der Waals surface area contributed by atoms with Crippen LogP contribution in [0, 0.1) is 0 Å². The van der Waals surface area contributed by atoms with E-state index in [2.05, 4.69) is 15.2 Å². The van der Waals surface area contributed by atoms with Crippen LogP contribution in [0.25, 0.3) is 0 Å². The number of carbonyl (C=O) groups excluding carboxylic acids is 2.